The van der Waals surface area contributed by atoms with Gasteiger partial charge in [0.15, 0.2) is 6.29 Å². The maximum absolute atomic E-state index is 10.9. The second kappa shape index (κ2) is 4.47. The largest absolute Gasteiger partial charge is 0.493 e. The number of ether oxygens (including phenoxy) is 1. The molecule has 15 heavy (non-hydrogen) atoms. The number of hydrogen-bond donors (Lipinski definition) is 0. The van der Waals surface area contributed by atoms with Crippen LogP contribution in [0.4, 0.5) is 0 Å². The van der Waals surface area contributed by atoms with Gasteiger partial charge in [-0.2, -0.15) is 0 Å². The Balaban J connectivity index is 2.09. The average Bonchev–Trinajstić information content (AvgIpc) is 3.10. The van der Waals surface area contributed by atoms with Gasteiger partial charge in [-0.1, -0.05) is 13.0 Å². The van der Waals surface area contributed by atoms with Crippen LogP contribution >= 0.6 is 0 Å². The maximum Gasteiger partial charge on any atom is 0.153 e. The Hall–Kier alpha value is -1.31. The molecule has 0 bridgehead atoms. The first-order valence-electron chi connectivity index (χ1n) is 5.54. The lowest BCUT2D eigenvalue weighted by Gasteiger charge is -2.08. The van der Waals surface area contributed by atoms with Crippen LogP contribution in [0.15, 0.2) is 18.2 Å². The molecule has 2 heteroatoms. The molecule has 0 aliphatic heterocycles. The Morgan fingerprint density at radius 2 is 2.27 bits per heavy atom. The quantitative estimate of drug-likeness (QED) is 0.689. The van der Waals surface area contributed by atoms with Crippen LogP contribution in [0.25, 0.3) is 0 Å². The van der Waals surface area contributed by atoms with Crippen molar-refractivity contribution in [2.75, 3.05) is 6.61 Å². The van der Waals surface area contributed by atoms with Crippen LogP contribution in [0.5, 0.6) is 5.75 Å². The van der Waals surface area contributed by atoms with Crippen LogP contribution < -0.4 is 4.74 Å². The van der Waals surface area contributed by atoms with Crippen LogP contribution in [0.3, 0.4) is 0 Å². The van der Waals surface area contributed by atoms with E-state index >= 15 is 0 Å². The molecule has 1 aliphatic rings. The Morgan fingerprint density at radius 1 is 1.47 bits per heavy atom. The van der Waals surface area contributed by atoms with Gasteiger partial charge in [0.05, 0.1) is 12.2 Å². The number of rotatable bonds is 5. The Morgan fingerprint density at radius 3 is 2.87 bits per heavy atom. The minimum absolute atomic E-state index is 0.676. The summed E-state index contributed by atoms with van der Waals surface area (Å²) in [5.41, 5.74) is 1.85. The van der Waals surface area contributed by atoms with Crippen LogP contribution in [-0.4, -0.2) is 12.9 Å². The first kappa shape index (κ1) is 10.2. The number of aryl methyl sites for hydroxylation is 1. The van der Waals surface area contributed by atoms with E-state index in [-0.39, 0.29) is 0 Å². The van der Waals surface area contributed by atoms with Crippen molar-refractivity contribution in [2.24, 2.45) is 5.92 Å². The third-order valence-electron chi connectivity index (χ3n) is 2.78. The molecule has 0 amide bonds. The van der Waals surface area contributed by atoms with E-state index in [1.807, 2.05) is 18.2 Å². The van der Waals surface area contributed by atoms with Crippen molar-refractivity contribution in [3.8, 4) is 5.75 Å². The molecule has 1 aliphatic carbocycles. The second-order valence-electron chi connectivity index (χ2n) is 4.10. The molecule has 0 saturated heterocycles. The summed E-state index contributed by atoms with van der Waals surface area (Å²) in [5, 5.41) is 0. The molecule has 1 aromatic carbocycles. The molecular weight excluding hydrogens is 188 g/mol. The normalized spacial score (nSPS) is 15.0. The summed E-state index contributed by atoms with van der Waals surface area (Å²) in [6.07, 6.45) is 4.36. The molecule has 0 radical (unpaired) electrons. The molecule has 1 aromatic rings. The molecular formula is C13H16O2. The van der Waals surface area contributed by atoms with Crippen molar-refractivity contribution >= 4 is 6.29 Å². The van der Waals surface area contributed by atoms with E-state index in [4.69, 9.17) is 4.74 Å². The molecule has 1 fully saturated rings. The van der Waals surface area contributed by atoms with Gasteiger partial charge < -0.3 is 4.74 Å². The van der Waals surface area contributed by atoms with Gasteiger partial charge >= 0.3 is 0 Å². The summed E-state index contributed by atoms with van der Waals surface area (Å²) in [5.74, 6) is 1.45. The number of benzene rings is 1. The van der Waals surface area contributed by atoms with Crippen molar-refractivity contribution in [2.45, 2.75) is 26.2 Å². The lowest BCUT2D eigenvalue weighted by molar-refractivity contribution is 0.111. The fourth-order valence-electron chi connectivity index (χ4n) is 1.53. The van der Waals surface area contributed by atoms with Crippen LogP contribution in [0.2, 0.25) is 0 Å². The van der Waals surface area contributed by atoms with E-state index in [9.17, 15) is 4.79 Å². The highest BCUT2D eigenvalue weighted by molar-refractivity contribution is 5.79. The standard InChI is InChI=1S/C13H16O2/c1-2-10-5-6-13(12(7-10)8-14)15-9-11-3-4-11/h5-8,11H,2-4,9H2,1H3. The van der Waals surface area contributed by atoms with Crippen molar-refractivity contribution in [1.29, 1.82) is 0 Å². The van der Waals surface area contributed by atoms with Gasteiger partial charge in [0, 0.05) is 0 Å². The monoisotopic (exact) mass is 204 g/mol. The topological polar surface area (TPSA) is 26.3 Å². The number of hydrogen-bond acceptors (Lipinski definition) is 2. The van der Waals surface area contributed by atoms with Crippen LogP contribution in [0.1, 0.15) is 35.7 Å². The predicted molar refractivity (Wildman–Crippen MR) is 59.4 cm³/mol. The maximum atomic E-state index is 10.9. The summed E-state index contributed by atoms with van der Waals surface area (Å²) >= 11 is 0. The molecule has 1 saturated carbocycles. The van der Waals surface area contributed by atoms with Gasteiger partial charge in [0.25, 0.3) is 0 Å². The number of carbonyl (C=O) groups excluding carboxylic acids is 1. The first-order valence-corrected chi connectivity index (χ1v) is 5.54. The van der Waals surface area contributed by atoms with Crippen molar-refractivity contribution in [3.05, 3.63) is 29.3 Å². The lowest BCUT2D eigenvalue weighted by Crippen LogP contribution is -2.01. The molecule has 2 rings (SSSR count). The highest BCUT2D eigenvalue weighted by atomic mass is 16.5. The summed E-state index contributed by atoms with van der Waals surface area (Å²) in [7, 11) is 0. The third kappa shape index (κ3) is 2.58. The zero-order valence-electron chi connectivity index (χ0n) is 9.03. The Labute approximate surface area is 90.3 Å². The second-order valence-corrected chi connectivity index (χ2v) is 4.10. The summed E-state index contributed by atoms with van der Waals surface area (Å²) < 4.78 is 5.62. The van der Waals surface area contributed by atoms with Crippen molar-refractivity contribution in [3.63, 3.8) is 0 Å². The first-order chi connectivity index (χ1) is 7.33. The van der Waals surface area contributed by atoms with Gasteiger partial charge in [-0.05, 0) is 42.9 Å². The van der Waals surface area contributed by atoms with Gasteiger partial charge in [-0.25, -0.2) is 0 Å². The number of carbonyl (C=O) groups is 1. The van der Waals surface area contributed by atoms with Gasteiger partial charge in [0.2, 0.25) is 0 Å². The zero-order valence-corrected chi connectivity index (χ0v) is 9.03. The molecule has 2 nitrogen and oxygen atoms in total. The third-order valence-corrected chi connectivity index (χ3v) is 2.78. The predicted octanol–water partition coefficient (Wildman–Crippen LogP) is 2.85. The van der Waals surface area contributed by atoms with Gasteiger partial charge in [-0.3, -0.25) is 4.79 Å². The molecule has 0 atom stereocenters. The van der Waals surface area contributed by atoms with E-state index in [2.05, 4.69) is 6.92 Å². The molecule has 0 aromatic heterocycles. The zero-order chi connectivity index (χ0) is 10.7. The number of aldehydes is 1. The molecule has 0 heterocycles. The van der Waals surface area contributed by atoms with E-state index in [1.165, 1.54) is 18.4 Å². The highest BCUT2D eigenvalue weighted by Gasteiger charge is 2.22. The Bertz CT molecular complexity index is 354. The van der Waals surface area contributed by atoms with Gasteiger partial charge in [0.1, 0.15) is 5.75 Å². The van der Waals surface area contributed by atoms with Crippen molar-refractivity contribution < 1.29 is 9.53 Å². The van der Waals surface area contributed by atoms with Crippen LogP contribution in [-0.2, 0) is 6.42 Å². The van der Waals surface area contributed by atoms with E-state index < -0.39 is 0 Å². The highest BCUT2D eigenvalue weighted by Crippen LogP contribution is 2.30. The summed E-state index contributed by atoms with van der Waals surface area (Å²) in [6, 6.07) is 5.84. The fraction of sp³-hybridized carbons (Fsp3) is 0.462. The van der Waals surface area contributed by atoms with Crippen LogP contribution in [0, 0.1) is 5.92 Å². The summed E-state index contributed by atoms with van der Waals surface area (Å²) in [6.45, 7) is 2.83. The molecule has 0 unspecified atom stereocenters. The minimum atomic E-state index is 0.676. The lowest BCUT2D eigenvalue weighted by atomic mass is 10.1. The smallest absolute Gasteiger partial charge is 0.153 e. The fourth-order valence-corrected chi connectivity index (χ4v) is 1.53. The molecule has 80 valence electrons. The Kier molecular flexibility index (Phi) is 3.05. The van der Waals surface area contributed by atoms with E-state index in [0.717, 1.165) is 31.0 Å². The molecule has 0 spiro atoms. The minimum Gasteiger partial charge on any atom is -0.493 e. The SMILES string of the molecule is CCc1ccc(OCC2CC2)c(C=O)c1. The van der Waals surface area contributed by atoms with E-state index in [0.29, 0.717) is 5.56 Å². The van der Waals surface area contributed by atoms with E-state index in [1.54, 1.807) is 0 Å². The summed E-state index contributed by atoms with van der Waals surface area (Å²) in [4.78, 5) is 10.9. The van der Waals surface area contributed by atoms with Gasteiger partial charge in [-0.15, -0.1) is 0 Å². The molecule has 0 N–H and O–H groups in total. The van der Waals surface area contributed by atoms with Crippen molar-refractivity contribution in [1.82, 2.24) is 0 Å². The average molecular weight is 204 g/mol.